The summed E-state index contributed by atoms with van der Waals surface area (Å²) < 4.78 is 35.1. The summed E-state index contributed by atoms with van der Waals surface area (Å²) in [7, 11) is 0. The van der Waals surface area contributed by atoms with Gasteiger partial charge in [0.25, 0.3) is 0 Å². The molecule has 1 heterocycles. The lowest BCUT2D eigenvalue weighted by Crippen LogP contribution is -2.46. The van der Waals surface area contributed by atoms with Gasteiger partial charge in [0.05, 0.1) is 0 Å². The normalized spacial score (nSPS) is 22.9. The average molecular weight is 169 g/mol. The lowest BCUT2D eigenvalue weighted by atomic mass is 10.2. The number of likely N-dealkylation sites (tertiary alicyclic amines) is 1. The molecule has 0 bridgehead atoms. The van der Waals surface area contributed by atoms with Crippen LogP contribution in [0.5, 0.6) is 0 Å². The molecule has 1 aliphatic heterocycles. The summed E-state index contributed by atoms with van der Waals surface area (Å²) in [5.74, 6) is 0. The molecular weight excluding hydrogens is 159 g/mol. The summed E-state index contributed by atoms with van der Waals surface area (Å²) in [6.07, 6.45) is -5.71. The molecule has 1 aliphatic rings. The van der Waals surface area contributed by atoms with E-state index in [0.29, 0.717) is 13.1 Å². The van der Waals surface area contributed by atoms with Crippen LogP contribution in [0.25, 0.3) is 0 Å². The van der Waals surface area contributed by atoms with Gasteiger partial charge in [-0.15, -0.1) is 0 Å². The van der Waals surface area contributed by atoms with Crippen molar-refractivity contribution in [3.63, 3.8) is 0 Å². The van der Waals surface area contributed by atoms with Gasteiger partial charge in [0, 0.05) is 6.54 Å². The molecule has 0 aromatic heterocycles. The molecule has 0 aromatic rings. The van der Waals surface area contributed by atoms with Crippen molar-refractivity contribution in [2.24, 2.45) is 0 Å². The zero-order valence-electron chi connectivity index (χ0n) is 5.93. The molecule has 0 amide bonds. The Morgan fingerprint density at radius 2 is 1.91 bits per heavy atom. The van der Waals surface area contributed by atoms with Crippen LogP contribution in [-0.4, -0.2) is 41.9 Å². The van der Waals surface area contributed by atoms with Crippen LogP contribution in [0.1, 0.15) is 6.42 Å². The van der Waals surface area contributed by atoms with Gasteiger partial charge in [-0.3, -0.25) is 0 Å². The third-order valence-electron chi connectivity index (χ3n) is 1.76. The van der Waals surface area contributed by atoms with Crippen molar-refractivity contribution in [1.82, 2.24) is 4.90 Å². The predicted octanol–water partition coefficient (Wildman–Crippen LogP) is 0.615. The van der Waals surface area contributed by atoms with Crippen LogP contribution >= 0.6 is 0 Å². The van der Waals surface area contributed by atoms with E-state index in [4.69, 9.17) is 5.11 Å². The summed E-state index contributed by atoms with van der Waals surface area (Å²) in [6, 6.07) is 0. The van der Waals surface area contributed by atoms with Gasteiger partial charge in [0.1, 0.15) is 0 Å². The monoisotopic (exact) mass is 169 g/mol. The fourth-order valence-corrected chi connectivity index (χ4v) is 0.912. The number of aliphatic hydroxyl groups is 1. The summed E-state index contributed by atoms with van der Waals surface area (Å²) >= 11 is 0. The van der Waals surface area contributed by atoms with Gasteiger partial charge in [0.15, 0.2) is 6.10 Å². The average Bonchev–Trinajstić information content (AvgIpc) is 1.75. The Balaban J connectivity index is 2.24. The number of alkyl halides is 3. The van der Waals surface area contributed by atoms with Gasteiger partial charge in [0.2, 0.25) is 0 Å². The zero-order valence-corrected chi connectivity index (χ0v) is 5.93. The van der Waals surface area contributed by atoms with E-state index < -0.39 is 12.3 Å². The van der Waals surface area contributed by atoms with Gasteiger partial charge in [-0.1, -0.05) is 0 Å². The number of β-amino-alcohol motifs (C(OH)–C–C–N with tert-alkyl or cyclic N) is 1. The molecule has 1 saturated heterocycles. The molecule has 1 rings (SSSR count). The first kappa shape index (κ1) is 8.80. The van der Waals surface area contributed by atoms with E-state index in [1.165, 1.54) is 0 Å². The Hall–Kier alpha value is -0.290. The van der Waals surface area contributed by atoms with Gasteiger partial charge in [-0.05, 0) is 19.5 Å². The first-order valence-electron chi connectivity index (χ1n) is 3.47. The van der Waals surface area contributed by atoms with Crippen LogP contribution in [0, 0.1) is 0 Å². The van der Waals surface area contributed by atoms with Gasteiger partial charge < -0.3 is 10.0 Å². The van der Waals surface area contributed by atoms with Crippen molar-refractivity contribution >= 4 is 0 Å². The summed E-state index contributed by atoms with van der Waals surface area (Å²) in [5.41, 5.74) is 0. The van der Waals surface area contributed by atoms with Crippen molar-refractivity contribution in [2.75, 3.05) is 19.6 Å². The number of nitrogens with zero attached hydrogens (tertiary/aromatic N) is 1. The predicted molar refractivity (Wildman–Crippen MR) is 33.1 cm³/mol. The summed E-state index contributed by atoms with van der Waals surface area (Å²) in [4.78, 5) is 1.58. The summed E-state index contributed by atoms with van der Waals surface area (Å²) in [5, 5.41) is 8.55. The molecular formula is C6H10F3NO. The molecule has 0 saturated carbocycles. The maximum Gasteiger partial charge on any atom is 0.415 e. The molecule has 0 radical (unpaired) electrons. The Morgan fingerprint density at radius 3 is 2.18 bits per heavy atom. The number of aliphatic hydroxyl groups excluding tert-OH is 1. The second-order valence-corrected chi connectivity index (χ2v) is 2.71. The van der Waals surface area contributed by atoms with E-state index >= 15 is 0 Å². The van der Waals surface area contributed by atoms with E-state index in [9.17, 15) is 13.2 Å². The van der Waals surface area contributed by atoms with Crippen LogP contribution in [0.2, 0.25) is 0 Å². The molecule has 66 valence electrons. The van der Waals surface area contributed by atoms with Crippen molar-refractivity contribution in [2.45, 2.75) is 18.7 Å². The van der Waals surface area contributed by atoms with Crippen molar-refractivity contribution in [1.29, 1.82) is 0 Å². The fourth-order valence-electron chi connectivity index (χ4n) is 0.912. The van der Waals surface area contributed by atoms with E-state index in [-0.39, 0.29) is 6.54 Å². The van der Waals surface area contributed by atoms with E-state index in [1.807, 2.05) is 0 Å². The molecule has 11 heavy (non-hydrogen) atoms. The Morgan fingerprint density at radius 1 is 1.36 bits per heavy atom. The number of halogens is 3. The van der Waals surface area contributed by atoms with E-state index in [2.05, 4.69) is 0 Å². The van der Waals surface area contributed by atoms with Crippen molar-refractivity contribution < 1.29 is 18.3 Å². The van der Waals surface area contributed by atoms with Crippen LogP contribution in [-0.2, 0) is 0 Å². The number of rotatable bonds is 2. The molecule has 0 aromatic carbocycles. The molecule has 1 N–H and O–H groups in total. The Kier molecular flexibility index (Phi) is 2.39. The highest BCUT2D eigenvalue weighted by molar-refractivity contribution is 4.75. The molecule has 1 atom stereocenters. The van der Waals surface area contributed by atoms with Crippen LogP contribution < -0.4 is 0 Å². The molecule has 1 unspecified atom stereocenters. The molecule has 2 nitrogen and oxygen atoms in total. The molecule has 0 spiro atoms. The standard InChI is InChI=1S/C6H10F3NO/c7-6(8,9)5(11)4-10-2-1-3-10/h5,11H,1-4H2. The highest BCUT2D eigenvalue weighted by Crippen LogP contribution is 2.21. The number of hydrogen-bond acceptors (Lipinski definition) is 2. The minimum Gasteiger partial charge on any atom is -0.382 e. The van der Waals surface area contributed by atoms with Crippen LogP contribution in [0.3, 0.4) is 0 Å². The maximum absolute atomic E-state index is 11.7. The Bertz CT molecular complexity index is 132. The van der Waals surface area contributed by atoms with E-state index in [0.717, 1.165) is 6.42 Å². The molecule has 5 heteroatoms. The highest BCUT2D eigenvalue weighted by Gasteiger charge is 2.39. The first-order valence-corrected chi connectivity index (χ1v) is 3.47. The minimum absolute atomic E-state index is 0.274. The first-order chi connectivity index (χ1) is 5.00. The second kappa shape index (κ2) is 2.98. The van der Waals surface area contributed by atoms with Gasteiger partial charge >= 0.3 is 6.18 Å². The maximum atomic E-state index is 11.7. The van der Waals surface area contributed by atoms with Gasteiger partial charge in [-0.25, -0.2) is 0 Å². The smallest absolute Gasteiger partial charge is 0.382 e. The number of hydrogen-bond donors (Lipinski definition) is 1. The quantitative estimate of drug-likeness (QED) is 0.654. The minimum atomic E-state index is -4.46. The third kappa shape index (κ3) is 2.34. The lowest BCUT2D eigenvalue weighted by molar-refractivity contribution is -0.210. The van der Waals surface area contributed by atoms with E-state index in [1.54, 1.807) is 4.90 Å². The lowest BCUT2D eigenvalue weighted by Gasteiger charge is -2.32. The van der Waals surface area contributed by atoms with Gasteiger partial charge in [-0.2, -0.15) is 13.2 Å². The zero-order chi connectivity index (χ0) is 8.48. The molecule has 1 fully saturated rings. The third-order valence-corrected chi connectivity index (χ3v) is 1.76. The second-order valence-electron chi connectivity index (χ2n) is 2.71. The topological polar surface area (TPSA) is 23.5 Å². The van der Waals surface area contributed by atoms with Crippen LogP contribution in [0.4, 0.5) is 13.2 Å². The largest absolute Gasteiger partial charge is 0.415 e. The van der Waals surface area contributed by atoms with Crippen LogP contribution in [0.15, 0.2) is 0 Å². The van der Waals surface area contributed by atoms with Crippen molar-refractivity contribution in [3.05, 3.63) is 0 Å². The summed E-state index contributed by atoms with van der Waals surface area (Å²) in [6.45, 7) is 1.07. The molecule has 0 aliphatic carbocycles. The SMILES string of the molecule is OC(CN1CCC1)C(F)(F)F. The fraction of sp³-hybridized carbons (Fsp3) is 1.00. The Labute approximate surface area is 62.6 Å². The highest BCUT2D eigenvalue weighted by atomic mass is 19.4. The van der Waals surface area contributed by atoms with Crippen molar-refractivity contribution in [3.8, 4) is 0 Å².